The highest BCUT2D eigenvalue weighted by Crippen LogP contribution is 2.41. The van der Waals surface area contributed by atoms with E-state index in [2.05, 4.69) is 26.1 Å². The van der Waals surface area contributed by atoms with Crippen LogP contribution in [0.5, 0.6) is 0 Å². The van der Waals surface area contributed by atoms with Gasteiger partial charge in [-0.1, -0.05) is 48.2 Å². The maximum atomic E-state index is 12.3. The molecule has 3 aromatic rings. The first kappa shape index (κ1) is 17.3. The molecule has 26 heavy (non-hydrogen) atoms. The van der Waals surface area contributed by atoms with E-state index in [-0.39, 0.29) is 11.9 Å². The van der Waals surface area contributed by atoms with E-state index in [0.717, 1.165) is 34.3 Å². The third kappa shape index (κ3) is 3.83. The maximum absolute atomic E-state index is 12.3. The number of benzene rings is 1. The molecule has 0 saturated heterocycles. The molecule has 1 amide bonds. The summed E-state index contributed by atoms with van der Waals surface area (Å²) < 4.78 is 2.20. The monoisotopic (exact) mass is 384 g/mol. The molecule has 1 fully saturated rings. The molecular weight excluding hydrogens is 364 g/mol. The van der Waals surface area contributed by atoms with E-state index >= 15 is 0 Å². The first-order valence-corrected chi connectivity index (χ1v) is 10.5. The molecule has 1 aliphatic rings. The number of carbonyl (C=O) groups is 1. The number of nitrogens with zero attached hydrogens (tertiary/aromatic N) is 3. The number of thioether (sulfide) groups is 1. The predicted octanol–water partition coefficient (Wildman–Crippen LogP) is 4.31. The van der Waals surface area contributed by atoms with Crippen molar-refractivity contribution in [3.63, 3.8) is 0 Å². The Balaban J connectivity index is 1.41. The van der Waals surface area contributed by atoms with E-state index < -0.39 is 0 Å². The first-order valence-electron chi connectivity index (χ1n) is 8.68. The van der Waals surface area contributed by atoms with E-state index in [1.54, 1.807) is 11.3 Å². The quantitative estimate of drug-likeness (QED) is 0.617. The Labute approximate surface area is 160 Å². The third-order valence-corrected chi connectivity index (χ3v) is 6.14. The van der Waals surface area contributed by atoms with E-state index in [1.807, 2.05) is 48.7 Å². The second-order valence-electron chi connectivity index (χ2n) is 6.37. The summed E-state index contributed by atoms with van der Waals surface area (Å²) in [5.41, 5.74) is 1.10. The van der Waals surface area contributed by atoms with E-state index in [1.165, 1.54) is 11.8 Å². The van der Waals surface area contributed by atoms with Crippen LogP contribution in [0.2, 0.25) is 0 Å². The summed E-state index contributed by atoms with van der Waals surface area (Å²) in [6, 6.07) is 14.5. The Kier molecular flexibility index (Phi) is 5.08. The molecule has 0 radical (unpaired) electrons. The lowest BCUT2D eigenvalue weighted by Crippen LogP contribution is -2.28. The number of hydrogen-bond acceptors (Lipinski definition) is 5. The van der Waals surface area contributed by atoms with Gasteiger partial charge in [-0.2, -0.15) is 0 Å². The fraction of sp³-hybridized carbons (Fsp3) is 0.316. The average molecular weight is 385 g/mol. The second-order valence-corrected chi connectivity index (χ2v) is 8.26. The molecule has 2 heterocycles. The Morgan fingerprint density at radius 1 is 1.27 bits per heavy atom. The highest BCUT2D eigenvalue weighted by molar-refractivity contribution is 7.99. The zero-order valence-electron chi connectivity index (χ0n) is 14.5. The number of aromatic nitrogens is 3. The van der Waals surface area contributed by atoms with Crippen molar-refractivity contribution in [3.05, 3.63) is 53.4 Å². The molecule has 0 spiro atoms. The van der Waals surface area contributed by atoms with Crippen LogP contribution in [0.15, 0.2) is 53.0 Å². The standard InChI is InChI=1S/C19H20N4OS2/c1-13(14-6-3-2-4-7-14)20-17(24)12-26-19-22-21-18(16-8-5-11-25-16)23(19)15-9-10-15/h2-8,11,13,15H,9-10,12H2,1H3,(H,20,24)/t13-/m1/s1. The van der Waals surface area contributed by atoms with Gasteiger partial charge < -0.3 is 5.32 Å². The number of hydrogen-bond donors (Lipinski definition) is 1. The molecule has 1 N–H and O–H groups in total. The molecule has 0 aliphatic heterocycles. The lowest BCUT2D eigenvalue weighted by atomic mass is 10.1. The van der Waals surface area contributed by atoms with Crippen molar-refractivity contribution in [1.29, 1.82) is 0 Å². The fourth-order valence-electron chi connectivity index (χ4n) is 2.85. The van der Waals surface area contributed by atoms with Gasteiger partial charge in [0.2, 0.25) is 5.91 Å². The van der Waals surface area contributed by atoms with Crippen LogP contribution in [0.3, 0.4) is 0 Å². The van der Waals surface area contributed by atoms with Crippen LogP contribution in [0.25, 0.3) is 10.7 Å². The molecule has 4 rings (SSSR count). The summed E-state index contributed by atoms with van der Waals surface area (Å²) >= 11 is 3.13. The molecule has 0 bridgehead atoms. The summed E-state index contributed by atoms with van der Waals surface area (Å²) in [4.78, 5) is 13.5. The van der Waals surface area contributed by atoms with Crippen LogP contribution in [0.1, 0.15) is 37.4 Å². The minimum atomic E-state index is -0.00715. The second kappa shape index (κ2) is 7.63. The predicted molar refractivity (Wildman–Crippen MR) is 105 cm³/mol. The Bertz CT molecular complexity index is 872. The highest BCUT2D eigenvalue weighted by atomic mass is 32.2. The number of thiophene rings is 1. The Morgan fingerprint density at radius 2 is 2.08 bits per heavy atom. The lowest BCUT2D eigenvalue weighted by molar-refractivity contribution is -0.119. The molecule has 1 aromatic carbocycles. The van der Waals surface area contributed by atoms with Crippen LogP contribution in [0.4, 0.5) is 0 Å². The van der Waals surface area contributed by atoms with Crippen molar-refractivity contribution >= 4 is 29.0 Å². The zero-order valence-corrected chi connectivity index (χ0v) is 16.1. The molecule has 134 valence electrons. The van der Waals surface area contributed by atoms with Gasteiger partial charge in [-0.05, 0) is 36.8 Å². The van der Waals surface area contributed by atoms with Crippen molar-refractivity contribution in [2.45, 2.75) is 37.0 Å². The normalized spacial score (nSPS) is 15.0. The smallest absolute Gasteiger partial charge is 0.230 e. The number of nitrogens with one attached hydrogen (secondary N) is 1. The molecule has 2 aromatic heterocycles. The van der Waals surface area contributed by atoms with Crippen molar-refractivity contribution in [2.75, 3.05) is 5.75 Å². The largest absolute Gasteiger partial charge is 0.349 e. The van der Waals surface area contributed by atoms with Crippen LogP contribution >= 0.6 is 23.1 Å². The molecule has 5 nitrogen and oxygen atoms in total. The van der Waals surface area contributed by atoms with Gasteiger partial charge in [-0.3, -0.25) is 9.36 Å². The molecule has 7 heteroatoms. The van der Waals surface area contributed by atoms with Crippen molar-refractivity contribution in [1.82, 2.24) is 20.1 Å². The van der Waals surface area contributed by atoms with Gasteiger partial charge in [0, 0.05) is 6.04 Å². The van der Waals surface area contributed by atoms with Crippen LogP contribution in [-0.4, -0.2) is 26.4 Å². The van der Waals surface area contributed by atoms with Gasteiger partial charge >= 0.3 is 0 Å². The van der Waals surface area contributed by atoms with Crippen molar-refractivity contribution < 1.29 is 4.79 Å². The maximum Gasteiger partial charge on any atom is 0.230 e. The van der Waals surface area contributed by atoms with Gasteiger partial charge in [0.1, 0.15) is 0 Å². The fourth-order valence-corrected chi connectivity index (χ4v) is 4.37. The Morgan fingerprint density at radius 3 is 2.77 bits per heavy atom. The van der Waals surface area contributed by atoms with Crippen molar-refractivity contribution in [3.8, 4) is 10.7 Å². The van der Waals surface area contributed by atoms with Crippen LogP contribution in [-0.2, 0) is 4.79 Å². The summed E-state index contributed by atoms with van der Waals surface area (Å²) in [7, 11) is 0. The number of rotatable bonds is 7. The van der Waals surface area contributed by atoms with Gasteiger partial charge in [0.05, 0.1) is 16.7 Å². The number of amides is 1. The van der Waals surface area contributed by atoms with Gasteiger partial charge in [-0.15, -0.1) is 21.5 Å². The summed E-state index contributed by atoms with van der Waals surface area (Å²) in [5, 5.41) is 14.7. The van der Waals surface area contributed by atoms with Gasteiger partial charge in [-0.25, -0.2) is 0 Å². The third-order valence-electron chi connectivity index (χ3n) is 4.33. The van der Waals surface area contributed by atoms with Gasteiger partial charge in [0.25, 0.3) is 0 Å². The van der Waals surface area contributed by atoms with Crippen LogP contribution < -0.4 is 5.32 Å². The lowest BCUT2D eigenvalue weighted by Gasteiger charge is -2.14. The minimum absolute atomic E-state index is 0.00715. The number of carbonyl (C=O) groups excluding carboxylic acids is 1. The summed E-state index contributed by atoms with van der Waals surface area (Å²) in [6.45, 7) is 2.00. The average Bonchev–Trinajstić information content (AvgIpc) is 3.18. The molecular formula is C19H20N4OS2. The Hall–Kier alpha value is -2.12. The summed E-state index contributed by atoms with van der Waals surface area (Å²) in [6.07, 6.45) is 2.31. The summed E-state index contributed by atoms with van der Waals surface area (Å²) in [5.74, 6) is 1.27. The minimum Gasteiger partial charge on any atom is -0.349 e. The first-order chi connectivity index (χ1) is 12.7. The molecule has 1 saturated carbocycles. The van der Waals surface area contributed by atoms with Gasteiger partial charge in [0.15, 0.2) is 11.0 Å². The van der Waals surface area contributed by atoms with E-state index in [4.69, 9.17) is 0 Å². The van der Waals surface area contributed by atoms with E-state index in [9.17, 15) is 4.79 Å². The van der Waals surface area contributed by atoms with Crippen LogP contribution in [0, 0.1) is 0 Å². The SMILES string of the molecule is C[C@@H](NC(=O)CSc1nnc(-c2cccs2)n1C1CC1)c1ccccc1. The molecule has 0 unspecified atom stereocenters. The van der Waals surface area contributed by atoms with E-state index in [0.29, 0.717) is 11.8 Å². The highest BCUT2D eigenvalue weighted by Gasteiger charge is 2.30. The topological polar surface area (TPSA) is 59.8 Å². The molecule has 1 atom stereocenters. The molecule has 1 aliphatic carbocycles. The zero-order chi connectivity index (χ0) is 17.9. The van der Waals surface area contributed by atoms with Crippen molar-refractivity contribution in [2.24, 2.45) is 0 Å².